The van der Waals surface area contributed by atoms with Gasteiger partial charge in [-0.1, -0.05) is 18.6 Å². The molecule has 3 unspecified atom stereocenters. The first-order chi connectivity index (χ1) is 11.1. The molecule has 0 aromatic heterocycles. The normalized spacial score (nSPS) is 20.1. The van der Waals surface area contributed by atoms with Crippen LogP contribution < -0.4 is 5.32 Å². The molecule has 1 heterocycles. The zero-order valence-electron chi connectivity index (χ0n) is 16.0. The largest absolute Gasteiger partial charge is 0.460 e. The molecule has 24 heavy (non-hydrogen) atoms. The second kappa shape index (κ2) is 9.09. The first-order valence-electron chi connectivity index (χ1n) is 8.89. The number of nitrogens with one attached hydrogen (secondary N) is 1. The highest BCUT2D eigenvalue weighted by Gasteiger charge is 2.33. The molecule has 1 fully saturated rings. The standard InChI is InChI=1S/C19H33NO4/c1-13(2)8-7-9-14(3)12-15(16-10-11-17(21)23-16)20-18(22)24-19(4,5)6/h8,14-16H,7,9-12H2,1-6H3,(H,20,22). The second-order valence-corrected chi connectivity index (χ2v) is 8.02. The van der Waals surface area contributed by atoms with Crippen molar-refractivity contribution in [3.8, 4) is 0 Å². The van der Waals surface area contributed by atoms with Gasteiger partial charge in [0.15, 0.2) is 0 Å². The van der Waals surface area contributed by atoms with Gasteiger partial charge in [0.2, 0.25) is 0 Å². The van der Waals surface area contributed by atoms with Crippen LogP contribution in [0.3, 0.4) is 0 Å². The maximum atomic E-state index is 12.1. The number of alkyl carbamates (subject to hydrolysis) is 1. The first-order valence-corrected chi connectivity index (χ1v) is 8.89. The van der Waals surface area contributed by atoms with Crippen molar-refractivity contribution in [1.29, 1.82) is 0 Å². The van der Waals surface area contributed by atoms with E-state index in [1.54, 1.807) is 0 Å². The fraction of sp³-hybridized carbons (Fsp3) is 0.789. The number of carbonyl (C=O) groups is 2. The van der Waals surface area contributed by atoms with Gasteiger partial charge < -0.3 is 14.8 Å². The van der Waals surface area contributed by atoms with Crippen molar-refractivity contribution in [1.82, 2.24) is 5.32 Å². The van der Waals surface area contributed by atoms with Crippen LogP contribution in [0.2, 0.25) is 0 Å². The van der Waals surface area contributed by atoms with Crippen molar-refractivity contribution in [2.45, 2.75) is 91.4 Å². The van der Waals surface area contributed by atoms with Crippen LogP contribution >= 0.6 is 0 Å². The predicted molar refractivity (Wildman–Crippen MR) is 94.7 cm³/mol. The zero-order valence-corrected chi connectivity index (χ0v) is 16.0. The van der Waals surface area contributed by atoms with Crippen molar-refractivity contribution in [3.63, 3.8) is 0 Å². The van der Waals surface area contributed by atoms with E-state index in [4.69, 9.17) is 9.47 Å². The molecular formula is C19H33NO4. The van der Waals surface area contributed by atoms with Gasteiger partial charge >= 0.3 is 12.1 Å². The summed E-state index contributed by atoms with van der Waals surface area (Å²) >= 11 is 0. The van der Waals surface area contributed by atoms with Crippen molar-refractivity contribution >= 4 is 12.1 Å². The lowest BCUT2D eigenvalue weighted by Gasteiger charge is -2.28. The van der Waals surface area contributed by atoms with E-state index < -0.39 is 11.7 Å². The molecule has 1 aliphatic rings. The molecule has 1 saturated heterocycles. The molecular weight excluding hydrogens is 306 g/mol. The number of allylic oxidation sites excluding steroid dienone is 2. The molecule has 0 aliphatic carbocycles. The lowest BCUT2D eigenvalue weighted by Crippen LogP contribution is -2.46. The molecule has 5 nitrogen and oxygen atoms in total. The molecule has 0 saturated carbocycles. The number of hydrogen-bond acceptors (Lipinski definition) is 4. The van der Waals surface area contributed by atoms with Crippen LogP contribution in [-0.4, -0.2) is 29.8 Å². The van der Waals surface area contributed by atoms with Crippen molar-refractivity contribution in [3.05, 3.63) is 11.6 Å². The van der Waals surface area contributed by atoms with E-state index >= 15 is 0 Å². The van der Waals surface area contributed by atoms with Gasteiger partial charge in [0, 0.05) is 6.42 Å². The average Bonchev–Trinajstić information content (AvgIpc) is 2.82. The van der Waals surface area contributed by atoms with E-state index in [1.807, 2.05) is 20.8 Å². The highest BCUT2D eigenvalue weighted by atomic mass is 16.6. The van der Waals surface area contributed by atoms with Gasteiger partial charge in [-0.05, 0) is 66.2 Å². The third kappa shape index (κ3) is 8.37. The number of rotatable bonds is 7. The molecule has 5 heteroatoms. The summed E-state index contributed by atoms with van der Waals surface area (Å²) in [6.07, 6.45) is 5.42. The molecule has 1 amide bonds. The first kappa shape index (κ1) is 20.5. The summed E-state index contributed by atoms with van der Waals surface area (Å²) in [5, 5.41) is 2.91. The van der Waals surface area contributed by atoms with Crippen LogP contribution in [0.4, 0.5) is 4.79 Å². The molecule has 0 aromatic carbocycles. The Morgan fingerprint density at radius 3 is 2.58 bits per heavy atom. The van der Waals surface area contributed by atoms with E-state index in [-0.39, 0.29) is 18.1 Å². The molecule has 0 radical (unpaired) electrons. The average molecular weight is 339 g/mol. The Kier molecular flexibility index (Phi) is 7.77. The highest BCUT2D eigenvalue weighted by molar-refractivity contribution is 5.72. The number of amides is 1. The monoisotopic (exact) mass is 339 g/mol. The van der Waals surface area contributed by atoms with E-state index in [0.717, 1.165) is 19.3 Å². The van der Waals surface area contributed by atoms with Crippen LogP contribution in [-0.2, 0) is 14.3 Å². The van der Waals surface area contributed by atoms with E-state index in [2.05, 4.69) is 32.2 Å². The minimum Gasteiger partial charge on any atom is -0.460 e. The minimum atomic E-state index is -0.546. The quantitative estimate of drug-likeness (QED) is 0.553. The molecule has 0 aromatic rings. The number of hydrogen-bond donors (Lipinski definition) is 1. The SMILES string of the molecule is CC(C)=CCCC(C)CC(NC(=O)OC(C)(C)C)C1CCC(=O)O1. The number of cyclic esters (lactones) is 1. The zero-order chi connectivity index (χ0) is 18.3. The maximum Gasteiger partial charge on any atom is 0.408 e. The maximum absolute atomic E-state index is 12.1. The van der Waals surface area contributed by atoms with Crippen molar-refractivity contribution in [2.75, 3.05) is 0 Å². The Labute approximate surface area is 146 Å². The summed E-state index contributed by atoms with van der Waals surface area (Å²) in [6.45, 7) is 11.8. The van der Waals surface area contributed by atoms with E-state index in [9.17, 15) is 9.59 Å². The molecule has 1 N–H and O–H groups in total. The fourth-order valence-electron chi connectivity index (χ4n) is 2.80. The number of carbonyl (C=O) groups excluding carboxylic acids is 2. The highest BCUT2D eigenvalue weighted by Crippen LogP contribution is 2.24. The van der Waals surface area contributed by atoms with Crippen LogP contribution in [0.1, 0.15) is 73.6 Å². The molecule has 0 bridgehead atoms. The van der Waals surface area contributed by atoms with Crippen LogP contribution in [0.25, 0.3) is 0 Å². The Morgan fingerprint density at radius 2 is 2.08 bits per heavy atom. The molecule has 1 aliphatic heterocycles. The van der Waals surface area contributed by atoms with Gasteiger partial charge in [-0.3, -0.25) is 4.79 Å². The third-order valence-corrected chi connectivity index (χ3v) is 3.94. The predicted octanol–water partition coefficient (Wildman–Crippen LogP) is 4.36. The van der Waals surface area contributed by atoms with Gasteiger partial charge in [-0.25, -0.2) is 4.79 Å². The lowest BCUT2D eigenvalue weighted by molar-refractivity contribution is -0.142. The lowest BCUT2D eigenvalue weighted by atomic mass is 9.93. The summed E-state index contributed by atoms with van der Waals surface area (Å²) in [5.74, 6) is 0.230. The van der Waals surface area contributed by atoms with Gasteiger partial charge in [0.1, 0.15) is 11.7 Å². The summed E-state index contributed by atoms with van der Waals surface area (Å²) in [5.41, 5.74) is 0.770. The van der Waals surface area contributed by atoms with E-state index in [0.29, 0.717) is 18.8 Å². The topological polar surface area (TPSA) is 64.6 Å². The molecule has 138 valence electrons. The van der Waals surface area contributed by atoms with Crippen LogP contribution in [0, 0.1) is 5.92 Å². The smallest absolute Gasteiger partial charge is 0.408 e. The Morgan fingerprint density at radius 1 is 1.42 bits per heavy atom. The van der Waals surface area contributed by atoms with Gasteiger partial charge in [-0.2, -0.15) is 0 Å². The van der Waals surface area contributed by atoms with E-state index in [1.165, 1.54) is 5.57 Å². The summed E-state index contributed by atoms with van der Waals surface area (Å²) < 4.78 is 10.7. The number of esters is 1. The molecule has 0 spiro atoms. The number of ether oxygens (including phenoxy) is 2. The summed E-state index contributed by atoms with van der Waals surface area (Å²) in [4.78, 5) is 23.5. The Hall–Kier alpha value is -1.52. The third-order valence-electron chi connectivity index (χ3n) is 3.94. The fourth-order valence-corrected chi connectivity index (χ4v) is 2.80. The molecule has 3 atom stereocenters. The Balaban J connectivity index is 2.62. The molecule has 1 rings (SSSR count). The Bertz CT molecular complexity index is 460. The second-order valence-electron chi connectivity index (χ2n) is 8.02. The summed E-state index contributed by atoms with van der Waals surface area (Å²) in [7, 11) is 0. The van der Waals surface area contributed by atoms with Crippen LogP contribution in [0.15, 0.2) is 11.6 Å². The van der Waals surface area contributed by atoms with Crippen molar-refractivity contribution < 1.29 is 19.1 Å². The van der Waals surface area contributed by atoms with Crippen molar-refractivity contribution in [2.24, 2.45) is 5.92 Å². The summed E-state index contributed by atoms with van der Waals surface area (Å²) in [6, 6.07) is -0.201. The minimum absolute atomic E-state index is 0.187. The van der Waals surface area contributed by atoms with Gasteiger partial charge in [0.25, 0.3) is 0 Å². The van der Waals surface area contributed by atoms with Gasteiger partial charge in [-0.15, -0.1) is 0 Å². The van der Waals surface area contributed by atoms with Crippen LogP contribution in [0.5, 0.6) is 0 Å². The van der Waals surface area contributed by atoms with Gasteiger partial charge in [0.05, 0.1) is 6.04 Å².